The van der Waals surface area contributed by atoms with Gasteiger partial charge in [-0.2, -0.15) is 0 Å². The smallest absolute Gasteiger partial charge is 0.410 e. The highest BCUT2D eigenvalue weighted by Gasteiger charge is 2.36. The first kappa shape index (κ1) is 55.6. The molecule has 0 spiro atoms. The van der Waals surface area contributed by atoms with Crippen molar-refractivity contribution in [2.45, 2.75) is 156 Å². The van der Waals surface area contributed by atoms with E-state index in [4.69, 9.17) is 33.2 Å². The molecule has 2 aromatic rings. The topological polar surface area (TPSA) is 166 Å². The number of rotatable bonds is 19. The van der Waals surface area contributed by atoms with E-state index in [1.807, 2.05) is 91.2 Å². The first-order valence-electron chi connectivity index (χ1n) is 24.6. The van der Waals surface area contributed by atoms with Gasteiger partial charge in [-0.15, -0.1) is 0 Å². The Hall–Kier alpha value is -4.96. The molecular weight excluding hydrogens is 873 g/mol. The summed E-state index contributed by atoms with van der Waals surface area (Å²) in [7, 11) is 3.28. The van der Waals surface area contributed by atoms with Crippen molar-refractivity contribution in [3.8, 4) is 23.0 Å². The molecule has 2 saturated heterocycles. The van der Waals surface area contributed by atoms with Crippen molar-refractivity contribution >= 4 is 24.0 Å². The maximum Gasteiger partial charge on any atom is 0.410 e. The molecule has 3 fully saturated rings. The fourth-order valence-corrected chi connectivity index (χ4v) is 8.19. The van der Waals surface area contributed by atoms with Crippen molar-refractivity contribution in [2.24, 2.45) is 5.92 Å². The largest absolute Gasteiger partial charge is 0.504 e. The highest BCUT2D eigenvalue weighted by atomic mass is 16.6. The van der Waals surface area contributed by atoms with Gasteiger partial charge in [-0.1, -0.05) is 0 Å². The summed E-state index contributed by atoms with van der Waals surface area (Å²) in [4.78, 5) is 59.6. The van der Waals surface area contributed by atoms with Crippen LogP contribution in [-0.4, -0.2) is 158 Å². The number of likely N-dealkylation sites (tertiary alicyclic amines) is 2. The Labute approximate surface area is 405 Å². The number of ether oxygens (including phenoxy) is 7. The average Bonchev–Trinajstić information content (AvgIpc) is 4.10. The van der Waals surface area contributed by atoms with Gasteiger partial charge in [-0.25, -0.2) is 9.59 Å². The molecule has 2 aromatic carbocycles. The number of aromatic hydroxyl groups is 1. The highest BCUT2D eigenvalue weighted by Crippen LogP contribution is 2.35. The fourth-order valence-electron chi connectivity index (χ4n) is 8.19. The Morgan fingerprint density at radius 3 is 1.49 bits per heavy atom. The molecule has 1 N–H and O–H groups in total. The summed E-state index contributed by atoms with van der Waals surface area (Å²) in [5.41, 5.74) is -0.129. The van der Waals surface area contributed by atoms with Crippen molar-refractivity contribution in [3.63, 3.8) is 0 Å². The number of amides is 4. The number of nitrogens with zero attached hydrogens (tertiary/aromatic N) is 4. The Kier molecular flexibility index (Phi) is 21.4. The molecule has 2 atom stereocenters. The first-order valence-corrected chi connectivity index (χ1v) is 24.6. The molecule has 0 bridgehead atoms. The zero-order chi connectivity index (χ0) is 50.2. The number of hydrogen-bond acceptors (Lipinski definition) is 12. The van der Waals surface area contributed by atoms with Crippen molar-refractivity contribution in [3.05, 3.63) is 47.5 Å². The molecule has 16 nitrogen and oxygen atoms in total. The molecule has 5 rings (SSSR count). The first-order chi connectivity index (χ1) is 32.1. The predicted molar refractivity (Wildman–Crippen MR) is 261 cm³/mol. The molecule has 0 radical (unpaired) electrons. The summed E-state index contributed by atoms with van der Waals surface area (Å²) in [5, 5.41) is 10.1. The van der Waals surface area contributed by atoms with Gasteiger partial charge in [-0.3, -0.25) is 9.59 Å². The predicted octanol–water partition coefficient (Wildman–Crippen LogP) is 9.20. The molecule has 1 saturated carbocycles. The lowest BCUT2D eigenvalue weighted by atomic mass is 10.0. The van der Waals surface area contributed by atoms with Gasteiger partial charge in [0.1, 0.15) is 11.2 Å². The van der Waals surface area contributed by atoms with Gasteiger partial charge >= 0.3 is 12.2 Å². The number of phenols is 1. The summed E-state index contributed by atoms with van der Waals surface area (Å²) in [5.74, 6) is 1.90. The second kappa shape index (κ2) is 26.1. The van der Waals surface area contributed by atoms with E-state index >= 15 is 0 Å². The number of carbonyl (C=O) groups is 4. The summed E-state index contributed by atoms with van der Waals surface area (Å²) in [6, 6.07) is 9.80. The SMILES string of the molecule is COCCCOc1cc(C(=O)N(C(C)C)[C@@H]2CCCN(C(=O)OC(C)(C)C)C2)ccc1O.COCCCOc1cc(C(=O)N(C(C)C)[C@@H]2CCCN(C(=O)OC(C)(C)C)C2)ccc1OCC1CC1. The molecule has 2 aliphatic heterocycles. The van der Waals surface area contributed by atoms with Crippen LogP contribution in [0.1, 0.15) is 141 Å². The summed E-state index contributed by atoms with van der Waals surface area (Å²) >= 11 is 0. The van der Waals surface area contributed by atoms with Crippen LogP contribution in [0.2, 0.25) is 0 Å². The second-order valence-electron chi connectivity index (χ2n) is 20.5. The number of carbonyl (C=O) groups excluding carboxylic acids is 4. The van der Waals surface area contributed by atoms with Crippen LogP contribution in [0.4, 0.5) is 9.59 Å². The maximum absolute atomic E-state index is 13.8. The second-order valence-corrected chi connectivity index (χ2v) is 20.5. The molecule has 3 aliphatic rings. The van der Waals surface area contributed by atoms with E-state index in [0.29, 0.717) is 94.2 Å². The van der Waals surface area contributed by atoms with Crippen LogP contribution in [0.25, 0.3) is 0 Å². The van der Waals surface area contributed by atoms with E-state index in [1.54, 1.807) is 42.2 Å². The summed E-state index contributed by atoms with van der Waals surface area (Å²) < 4.78 is 38.9. The van der Waals surface area contributed by atoms with E-state index in [2.05, 4.69) is 0 Å². The zero-order valence-electron chi connectivity index (χ0n) is 43.1. The number of methoxy groups -OCH3 is 2. The monoisotopic (exact) mass is 955 g/mol. The lowest BCUT2D eigenvalue weighted by molar-refractivity contribution is 0.00724. The lowest BCUT2D eigenvalue weighted by Crippen LogP contribution is -2.54. The Balaban J connectivity index is 0.000000299. The van der Waals surface area contributed by atoms with Gasteiger partial charge in [0.15, 0.2) is 23.0 Å². The summed E-state index contributed by atoms with van der Waals surface area (Å²) in [6.07, 6.45) is 6.41. The van der Waals surface area contributed by atoms with Crippen LogP contribution in [0.3, 0.4) is 0 Å². The van der Waals surface area contributed by atoms with Crippen LogP contribution in [-0.2, 0) is 18.9 Å². The van der Waals surface area contributed by atoms with Gasteiger partial charge in [0, 0.05) is 89.7 Å². The Morgan fingerprint density at radius 1 is 0.618 bits per heavy atom. The third-order valence-electron chi connectivity index (χ3n) is 11.5. The van der Waals surface area contributed by atoms with Gasteiger partial charge in [-0.05, 0) is 150 Å². The van der Waals surface area contributed by atoms with Crippen molar-refractivity contribution in [1.29, 1.82) is 0 Å². The molecule has 4 amide bonds. The van der Waals surface area contributed by atoms with E-state index < -0.39 is 11.2 Å². The maximum atomic E-state index is 13.8. The molecule has 16 heteroatoms. The van der Waals surface area contributed by atoms with E-state index in [0.717, 1.165) is 32.1 Å². The number of piperidine rings is 2. The lowest BCUT2D eigenvalue weighted by Gasteiger charge is -2.41. The fraction of sp³-hybridized carbons (Fsp3) is 0.692. The van der Waals surface area contributed by atoms with E-state index in [1.165, 1.54) is 18.9 Å². The molecule has 382 valence electrons. The van der Waals surface area contributed by atoms with Gasteiger partial charge in [0.05, 0.1) is 31.9 Å². The minimum absolute atomic E-state index is 0.0103. The minimum Gasteiger partial charge on any atom is -0.504 e. The third-order valence-corrected chi connectivity index (χ3v) is 11.5. The molecular formula is C52H82N4O12. The zero-order valence-corrected chi connectivity index (χ0v) is 43.1. The highest BCUT2D eigenvalue weighted by molar-refractivity contribution is 5.96. The van der Waals surface area contributed by atoms with Crippen LogP contribution in [0.5, 0.6) is 23.0 Å². The van der Waals surface area contributed by atoms with Crippen LogP contribution < -0.4 is 14.2 Å². The van der Waals surface area contributed by atoms with Crippen molar-refractivity contribution in [2.75, 3.05) is 73.4 Å². The Morgan fingerprint density at radius 2 is 1.06 bits per heavy atom. The van der Waals surface area contributed by atoms with Crippen molar-refractivity contribution < 1.29 is 57.4 Å². The Bertz CT molecular complexity index is 1920. The van der Waals surface area contributed by atoms with Gasteiger partial charge in [0.25, 0.3) is 11.8 Å². The number of hydrogen-bond donors (Lipinski definition) is 1. The third kappa shape index (κ3) is 17.8. The quantitative estimate of drug-likeness (QED) is 0.133. The van der Waals surface area contributed by atoms with E-state index in [9.17, 15) is 24.3 Å². The normalized spacial score (nSPS) is 17.5. The molecule has 2 heterocycles. The summed E-state index contributed by atoms with van der Waals surface area (Å²) in [6.45, 7) is 23.9. The van der Waals surface area contributed by atoms with E-state index in [-0.39, 0.29) is 59.7 Å². The van der Waals surface area contributed by atoms with Crippen LogP contribution >= 0.6 is 0 Å². The van der Waals surface area contributed by atoms with Gasteiger partial charge < -0.3 is 57.9 Å². The molecule has 1 aliphatic carbocycles. The van der Waals surface area contributed by atoms with Crippen LogP contribution in [0, 0.1) is 5.92 Å². The average molecular weight is 955 g/mol. The van der Waals surface area contributed by atoms with Crippen molar-refractivity contribution in [1.82, 2.24) is 19.6 Å². The number of phenolic OH excluding ortho intramolecular Hbond substituents is 1. The molecule has 0 unspecified atom stereocenters. The van der Waals surface area contributed by atoms with Crippen LogP contribution in [0.15, 0.2) is 36.4 Å². The molecule has 68 heavy (non-hydrogen) atoms. The minimum atomic E-state index is -0.566. The molecule has 0 aromatic heterocycles. The van der Waals surface area contributed by atoms with Gasteiger partial charge in [0.2, 0.25) is 0 Å². The number of benzene rings is 2. The standard InChI is InChI=1S/C28H44N2O6.C24H38N2O6/c1-20(2)30(23-9-7-14-29(18-23)27(32)36-28(3,4)5)26(31)22-12-13-24(35-19-21-10-11-21)25(17-22)34-16-8-15-33-6;1-17(2)26(19-9-7-12-25(16-19)23(29)32-24(3,4)5)22(28)18-10-11-20(27)21(15-18)31-14-8-13-30-6/h12-13,17,20-21,23H,7-11,14-16,18-19H2,1-6H3;10-11,15,17,19,27H,7-9,12-14,16H2,1-6H3/t23-;19-/m11/s1.